The summed E-state index contributed by atoms with van der Waals surface area (Å²) in [6.45, 7) is 0. The van der Waals surface area contributed by atoms with Gasteiger partial charge in [-0.3, -0.25) is 10.8 Å². The largest absolute Gasteiger partial charge is 0.293 e. The zero-order valence-electron chi connectivity index (χ0n) is 7.09. The first-order chi connectivity index (χ1) is 6.65. The summed E-state index contributed by atoms with van der Waals surface area (Å²) in [4.78, 5) is 3.69. The van der Waals surface area contributed by atoms with E-state index in [4.69, 9.17) is 34.5 Å². The molecule has 4 nitrogen and oxygen atoms in total. The Bertz CT molecular complexity index is 355. The van der Waals surface area contributed by atoms with Crippen LogP contribution in [-0.2, 0) is 0 Å². The molecular formula is C8H8Cl2N4. The zero-order valence-corrected chi connectivity index (χ0v) is 8.60. The third kappa shape index (κ3) is 2.70. The van der Waals surface area contributed by atoms with Crippen molar-refractivity contribution < 1.29 is 0 Å². The van der Waals surface area contributed by atoms with Gasteiger partial charge in [-0.05, 0) is 12.1 Å². The Hall–Kier alpha value is -1.10. The van der Waals surface area contributed by atoms with Gasteiger partial charge in [0.05, 0.1) is 10.0 Å². The van der Waals surface area contributed by atoms with Crippen molar-refractivity contribution in [2.45, 2.75) is 0 Å². The van der Waals surface area contributed by atoms with Gasteiger partial charge in [0.25, 0.3) is 0 Å². The molecular weight excluding hydrogens is 223 g/mol. The third-order valence-electron chi connectivity index (χ3n) is 1.46. The molecule has 1 rings (SSSR count). The van der Waals surface area contributed by atoms with Crippen LogP contribution in [0.2, 0.25) is 10.0 Å². The maximum absolute atomic E-state index is 7.11. The first-order valence-electron chi connectivity index (χ1n) is 3.68. The van der Waals surface area contributed by atoms with Crippen LogP contribution in [0.25, 0.3) is 0 Å². The Morgan fingerprint density at radius 2 is 2.00 bits per heavy atom. The summed E-state index contributed by atoms with van der Waals surface area (Å²) in [5, 5.41) is 8.06. The minimum Gasteiger partial charge on any atom is -0.293 e. The van der Waals surface area contributed by atoms with Gasteiger partial charge in [-0.25, -0.2) is 10.8 Å². The summed E-state index contributed by atoms with van der Waals surface area (Å²) in [7, 11) is 0. The molecule has 0 saturated carbocycles. The van der Waals surface area contributed by atoms with Gasteiger partial charge in [-0.1, -0.05) is 29.3 Å². The molecule has 0 aliphatic carbocycles. The fraction of sp³-hybridized carbons (Fsp3) is 0. The lowest BCUT2D eigenvalue weighted by Crippen LogP contribution is -2.27. The van der Waals surface area contributed by atoms with Crippen molar-refractivity contribution in [1.29, 1.82) is 5.41 Å². The molecule has 0 radical (unpaired) electrons. The van der Waals surface area contributed by atoms with E-state index in [0.29, 0.717) is 15.6 Å². The molecule has 0 spiro atoms. The van der Waals surface area contributed by atoms with Crippen LogP contribution in [0.1, 0.15) is 5.56 Å². The van der Waals surface area contributed by atoms with Crippen molar-refractivity contribution in [3.05, 3.63) is 33.8 Å². The van der Waals surface area contributed by atoms with Gasteiger partial charge in [-0.15, -0.1) is 0 Å². The number of nitrogens with two attached hydrogens (primary N) is 1. The topological polar surface area (TPSA) is 74.3 Å². The molecule has 0 unspecified atom stereocenters. The monoisotopic (exact) mass is 230 g/mol. The minimum absolute atomic E-state index is 0.166. The van der Waals surface area contributed by atoms with Crippen LogP contribution in [0.15, 0.2) is 23.2 Å². The Balaban J connectivity index is 2.96. The quantitative estimate of drug-likeness (QED) is 0.298. The normalized spacial score (nSPS) is 10.5. The molecule has 0 bridgehead atoms. The number of nitrogens with one attached hydrogen (secondary N) is 2. The highest BCUT2D eigenvalue weighted by molar-refractivity contribution is 6.38. The van der Waals surface area contributed by atoms with Crippen molar-refractivity contribution in [1.82, 2.24) is 5.43 Å². The molecule has 0 amide bonds. The number of aliphatic imine (C=N–C) groups is 1. The van der Waals surface area contributed by atoms with Crippen molar-refractivity contribution in [3.8, 4) is 0 Å². The Kier molecular flexibility index (Phi) is 3.88. The lowest BCUT2D eigenvalue weighted by molar-refractivity contribution is 0.996. The number of hydrazine groups is 1. The highest BCUT2D eigenvalue weighted by atomic mass is 35.5. The first-order valence-corrected chi connectivity index (χ1v) is 4.44. The fourth-order valence-corrected chi connectivity index (χ4v) is 1.30. The number of hydrogen-bond donors (Lipinski definition) is 3. The van der Waals surface area contributed by atoms with Crippen LogP contribution in [0.3, 0.4) is 0 Å². The number of hydrogen-bond acceptors (Lipinski definition) is 2. The maximum Gasteiger partial charge on any atom is 0.229 e. The van der Waals surface area contributed by atoms with Gasteiger partial charge in [0.15, 0.2) is 0 Å². The first kappa shape index (κ1) is 11.0. The average molecular weight is 231 g/mol. The molecule has 0 saturated heterocycles. The minimum atomic E-state index is -0.166. The number of guanidine groups is 1. The summed E-state index contributed by atoms with van der Waals surface area (Å²) in [6, 6.07) is 5.11. The molecule has 0 atom stereocenters. The second kappa shape index (κ2) is 4.95. The van der Waals surface area contributed by atoms with E-state index >= 15 is 0 Å². The van der Waals surface area contributed by atoms with Crippen LogP contribution in [-0.4, -0.2) is 12.2 Å². The van der Waals surface area contributed by atoms with Gasteiger partial charge in [0.2, 0.25) is 5.96 Å². The number of halogens is 2. The van der Waals surface area contributed by atoms with Gasteiger partial charge in [0.1, 0.15) is 0 Å². The molecule has 0 heterocycles. The predicted octanol–water partition coefficient (Wildman–Crippen LogP) is 1.81. The second-order valence-corrected chi connectivity index (χ2v) is 3.20. The van der Waals surface area contributed by atoms with Crippen LogP contribution in [0.4, 0.5) is 0 Å². The maximum atomic E-state index is 7.11. The van der Waals surface area contributed by atoms with E-state index in [1.165, 1.54) is 6.21 Å². The molecule has 6 heteroatoms. The van der Waals surface area contributed by atoms with Crippen LogP contribution < -0.4 is 11.3 Å². The SMILES string of the molecule is N=C(N=Cc1c(Cl)cccc1Cl)NN. The average Bonchev–Trinajstić information content (AvgIpc) is 2.16. The fourth-order valence-electron chi connectivity index (χ4n) is 0.800. The summed E-state index contributed by atoms with van der Waals surface area (Å²) >= 11 is 11.7. The molecule has 1 aromatic rings. The Morgan fingerprint density at radius 3 is 2.50 bits per heavy atom. The molecule has 74 valence electrons. The van der Waals surface area contributed by atoms with Crippen LogP contribution in [0.5, 0.6) is 0 Å². The van der Waals surface area contributed by atoms with E-state index in [9.17, 15) is 0 Å². The van der Waals surface area contributed by atoms with E-state index in [-0.39, 0.29) is 5.96 Å². The van der Waals surface area contributed by atoms with Crippen LogP contribution in [0, 0.1) is 5.41 Å². The summed E-state index contributed by atoms with van der Waals surface area (Å²) in [6.07, 6.45) is 1.38. The molecule has 0 aliphatic rings. The highest BCUT2D eigenvalue weighted by Gasteiger charge is 2.01. The van der Waals surface area contributed by atoms with Gasteiger partial charge in [-0.2, -0.15) is 0 Å². The summed E-state index contributed by atoms with van der Waals surface area (Å²) < 4.78 is 0. The summed E-state index contributed by atoms with van der Waals surface area (Å²) in [5.74, 6) is 4.79. The molecule has 0 aliphatic heterocycles. The number of rotatable bonds is 1. The second-order valence-electron chi connectivity index (χ2n) is 2.39. The zero-order chi connectivity index (χ0) is 10.6. The van der Waals surface area contributed by atoms with Gasteiger partial charge < -0.3 is 0 Å². The van der Waals surface area contributed by atoms with Gasteiger partial charge >= 0.3 is 0 Å². The number of benzene rings is 1. The lowest BCUT2D eigenvalue weighted by Gasteiger charge is -2.00. The van der Waals surface area contributed by atoms with Crippen molar-refractivity contribution in [2.75, 3.05) is 0 Å². The molecule has 4 N–H and O–H groups in total. The van der Waals surface area contributed by atoms with Gasteiger partial charge in [0, 0.05) is 11.8 Å². The Morgan fingerprint density at radius 1 is 1.43 bits per heavy atom. The standard InChI is InChI=1S/C8H8Cl2N4/c9-6-2-1-3-7(10)5(6)4-13-8(11)14-12/h1-4H,12H2,(H2,11,14). The highest BCUT2D eigenvalue weighted by Crippen LogP contribution is 2.21. The summed E-state index contributed by atoms with van der Waals surface area (Å²) in [5.41, 5.74) is 2.64. The van der Waals surface area contributed by atoms with E-state index in [0.717, 1.165) is 0 Å². The van der Waals surface area contributed by atoms with Crippen molar-refractivity contribution in [2.24, 2.45) is 10.8 Å². The smallest absolute Gasteiger partial charge is 0.229 e. The molecule has 0 fully saturated rings. The van der Waals surface area contributed by atoms with E-state index in [1.54, 1.807) is 18.2 Å². The molecule has 1 aromatic carbocycles. The number of nitrogens with zero attached hydrogens (tertiary/aromatic N) is 1. The van der Waals surface area contributed by atoms with Crippen molar-refractivity contribution in [3.63, 3.8) is 0 Å². The van der Waals surface area contributed by atoms with E-state index < -0.39 is 0 Å². The lowest BCUT2D eigenvalue weighted by atomic mass is 10.2. The molecule has 14 heavy (non-hydrogen) atoms. The Labute approximate surface area is 91.2 Å². The molecule has 0 aromatic heterocycles. The van der Waals surface area contributed by atoms with E-state index in [1.807, 2.05) is 0 Å². The third-order valence-corrected chi connectivity index (χ3v) is 2.12. The van der Waals surface area contributed by atoms with Crippen molar-refractivity contribution >= 4 is 35.4 Å². The predicted molar refractivity (Wildman–Crippen MR) is 59.1 cm³/mol. The van der Waals surface area contributed by atoms with Crippen LogP contribution >= 0.6 is 23.2 Å². The van der Waals surface area contributed by atoms with E-state index in [2.05, 4.69) is 10.4 Å².